The number of hydrogen-bond donors (Lipinski definition) is 1. The largest absolute Gasteiger partial charge is 0.352 e. The van der Waals surface area contributed by atoms with Crippen LogP contribution in [0.15, 0.2) is 23.1 Å². The summed E-state index contributed by atoms with van der Waals surface area (Å²) in [5, 5.41) is 2.96. The van der Waals surface area contributed by atoms with Crippen LogP contribution in [0.3, 0.4) is 0 Å². The number of rotatable bonds is 3. The lowest BCUT2D eigenvalue weighted by Gasteiger charge is -2.13. The smallest absolute Gasteiger partial charge is 0.261 e. The third-order valence-electron chi connectivity index (χ3n) is 3.26. The zero-order chi connectivity index (χ0) is 14.2. The van der Waals surface area contributed by atoms with Crippen LogP contribution in [0.25, 0.3) is 0 Å². The van der Waals surface area contributed by atoms with E-state index in [9.17, 15) is 13.2 Å². The van der Waals surface area contributed by atoms with E-state index >= 15 is 0 Å². The van der Waals surface area contributed by atoms with E-state index in [0.717, 1.165) is 17.5 Å². The minimum atomic E-state index is -3.69. The number of nitrogens with one attached hydrogen (secondary N) is 1. The van der Waals surface area contributed by atoms with Gasteiger partial charge in [0.05, 0.1) is 4.90 Å². The number of carbonyl (C=O) groups excluding carboxylic acids is 1. The molecule has 0 bridgehead atoms. The van der Waals surface area contributed by atoms with Gasteiger partial charge in [-0.1, -0.05) is 19.9 Å². The van der Waals surface area contributed by atoms with Crippen molar-refractivity contribution in [3.63, 3.8) is 0 Å². The molecule has 0 fully saturated rings. The van der Waals surface area contributed by atoms with Gasteiger partial charge in [-0.2, -0.15) is 0 Å². The van der Waals surface area contributed by atoms with Gasteiger partial charge in [0.1, 0.15) is 0 Å². The van der Waals surface area contributed by atoms with Crippen LogP contribution in [0.5, 0.6) is 0 Å². The normalized spacial score (nSPS) is 18.4. The van der Waals surface area contributed by atoms with Gasteiger partial charge < -0.3 is 5.32 Å². The summed E-state index contributed by atoms with van der Waals surface area (Å²) in [6.07, 6.45) is 1.38. The van der Waals surface area contributed by atoms with Crippen molar-refractivity contribution in [3.05, 3.63) is 29.3 Å². The van der Waals surface area contributed by atoms with Crippen LogP contribution in [-0.4, -0.2) is 20.4 Å². The number of fused-ring (bicyclic) bond motifs is 1. The fourth-order valence-corrected chi connectivity index (χ4v) is 3.02. The third kappa shape index (κ3) is 3.28. The first-order valence-electron chi connectivity index (χ1n) is 6.14. The van der Waals surface area contributed by atoms with Crippen molar-refractivity contribution >= 4 is 25.6 Å². The highest BCUT2D eigenvalue weighted by atomic mass is 35.7. The molecule has 1 aromatic rings. The van der Waals surface area contributed by atoms with E-state index < -0.39 is 9.05 Å². The van der Waals surface area contributed by atoms with Crippen molar-refractivity contribution in [2.45, 2.75) is 37.6 Å². The van der Waals surface area contributed by atoms with Crippen LogP contribution in [0.1, 0.15) is 25.0 Å². The van der Waals surface area contributed by atoms with Crippen LogP contribution in [-0.2, 0) is 26.7 Å². The van der Waals surface area contributed by atoms with E-state index in [1.165, 1.54) is 6.07 Å². The van der Waals surface area contributed by atoms with Gasteiger partial charge in [-0.25, -0.2) is 8.42 Å². The monoisotopic (exact) mass is 301 g/mol. The highest BCUT2D eigenvalue weighted by molar-refractivity contribution is 8.13. The fourth-order valence-electron chi connectivity index (χ4n) is 2.22. The Labute approximate surface area is 117 Å². The molecule has 0 saturated carbocycles. The summed E-state index contributed by atoms with van der Waals surface area (Å²) in [6, 6.07) is 4.91. The minimum Gasteiger partial charge on any atom is -0.352 e. The molecule has 1 unspecified atom stereocenters. The fraction of sp³-hybridized carbons (Fsp3) is 0.462. The van der Waals surface area contributed by atoms with Crippen molar-refractivity contribution < 1.29 is 13.2 Å². The second-order valence-electron chi connectivity index (χ2n) is 5.14. The van der Waals surface area contributed by atoms with Gasteiger partial charge in [0.15, 0.2) is 0 Å². The first-order valence-corrected chi connectivity index (χ1v) is 8.45. The lowest BCUT2D eigenvalue weighted by atomic mass is 10.1. The SMILES string of the molecule is CC(C)C(=O)NC1Cc2ccc(S(=O)(=O)Cl)cc2C1. The van der Waals surface area contributed by atoms with Crippen molar-refractivity contribution in [1.29, 1.82) is 0 Å². The Morgan fingerprint density at radius 2 is 1.95 bits per heavy atom. The van der Waals surface area contributed by atoms with Crippen molar-refractivity contribution in [2.75, 3.05) is 0 Å². The van der Waals surface area contributed by atoms with E-state index in [4.69, 9.17) is 10.7 Å². The summed E-state index contributed by atoms with van der Waals surface area (Å²) in [5.41, 5.74) is 2.01. The molecule has 19 heavy (non-hydrogen) atoms. The van der Waals surface area contributed by atoms with Gasteiger partial charge in [0.25, 0.3) is 9.05 Å². The molecule has 1 amide bonds. The Kier molecular flexibility index (Phi) is 3.87. The van der Waals surface area contributed by atoms with Crippen LogP contribution < -0.4 is 5.32 Å². The molecule has 104 valence electrons. The van der Waals surface area contributed by atoms with Gasteiger partial charge >= 0.3 is 0 Å². The predicted octanol–water partition coefficient (Wildman–Crippen LogP) is 1.85. The molecular formula is C13H16ClNO3S. The molecule has 1 aromatic carbocycles. The topological polar surface area (TPSA) is 63.2 Å². The first kappa shape index (κ1) is 14.3. The van der Waals surface area contributed by atoms with Crippen LogP contribution in [0, 0.1) is 5.92 Å². The van der Waals surface area contributed by atoms with E-state index in [2.05, 4.69) is 5.32 Å². The molecule has 1 aliphatic carbocycles. The molecule has 1 N–H and O–H groups in total. The van der Waals surface area contributed by atoms with Gasteiger partial charge in [-0.3, -0.25) is 4.79 Å². The molecular weight excluding hydrogens is 286 g/mol. The second kappa shape index (κ2) is 5.13. The number of carbonyl (C=O) groups is 1. The second-order valence-corrected chi connectivity index (χ2v) is 7.70. The van der Waals surface area contributed by atoms with Crippen molar-refractivity contribution in [3.8, 4) is 0 Å². The van der Waals surface area contributed by atoms with E-state index in [1.807, 2.05) is 13.8 Å². The number of hydrogen-bond acceptors (Lipinski definition) is 3. The van der Waals surface area contributed by atoms with Crippen LogP contribution >= 0.6 is 10.7 Å². The van der Waals surface area contributed by atoms with Crippen LogP contribution in [0.2, 0.25) is 0 Å². The maximum Gasteiger partial charge on any atom is 0.261 e. The molecule has 1 aliphatic rings. The number of amides is 1. The number of benzene rings is 1. The summed E-state index contributed by atoms with van der Waals surface area (Å²) >= 11 is 0. The lowest BCUT2D eigenvalue weighted by Crippen LogP contribution is -2.37. The van der Waals surface area contributed by atoms with Crippen molar-refractivity contribution in [1.82, 2.24) is 5.32 Å². The Hall–Kier alpha value is -1.07. The lowest BCUT2D eigenvalue weighted by molar-refractivity contribution is -0.124. The molecule has 0 aliphatic heterocycles. The molecule has 0 heterocycles. The Morgan fingerprint density at radius 1 is 1.32 bits per heavy atom. The average molecular weight is 302 g/mol. The van der Waals surface area contributed by atoms with Gasteiger partial charge in [0, 0.05) is 22.6 Å². The molecule has 0 radical (unpaired) electrons. The highest BCUT2D eigenvalue weighted by Gasteiger charge is 2.25. The predicted molar refractivity (Wildman–Crippen MR) is 73.7 cm³/mol. The quantitative estimate of drug-likeness (QED) is 0.867. The third-order valence-corrected chi connectivity index (χ3v) is 4.61. The Balaban J connectivity index is 2.15. The maximum absolute atomic E-state index is 11.6. The summed E-state index contributed by atoms with van der Waals surface area (Å²) in [4.78, 5) is 11.8. The Bertz CT molecular complexity index is 610. The zero-order valence-corrected chi connectivity index (χ0v) is 12.4. The van der Waals surface area contributed by atoms with Gasteiger partial charge in [-0.05, 0) is 36.1 Å². The van der Waals surface area contributed by atoms with E-state index in [-0.39, 0.29) is 22.8 Å². The standard InChI is InChI=1S/C13H16ClNO3S/c1-8(2)13(16)15-11-5-9-3-4-12(19(14,17)18)7-10(9)6-11/h3-4,7-8,11H,5-6H2,1-2H3,(H,15,16). The molecule has 6 heteroatoms. The van der Waals surface area contributed by atoms with Gasteiger partial charge in [0.2, 0.25) is 5.91 Å². The van der Waals surface area contributed by atoms with E-state index in [0.29, 0.717) is 6.42 Å². The zero-order valence-electron chi connectivity index (χ0n) is 10.8. The van der Waals surface area contributed by atoms with E-state index in [1.54, 1.807) is 12.1 Å². The maximum atomic E-state index is 11.6. The minimum absolute atomic E-state index is 0.0167. The molecule has 4 nitrogen and oxygen atoms in total. The molecule has 0 saturated heterocycles. The Morgan fingerprint density at radius 3 is 2.53 bits per heavy atom. The molecule has 2 rings (SSSR count). The average Bonchev–Trinajstić information content (AvgIpc) is 2.68. The van der Waals surface area contributed by atoms with Crippen LogP contribution in [0.4, 0.5) is 0 Å². The summed E-state index contributed by atoms with van der Waals surface area (Å²) in [7, 11) is 1.63. The summed E-state index contributed by atoms with van der Waals surface area (Å²) < 4.78 is 22.6. The van der Waals surface area contributed by atoms with Crippen molar-refractivity contribution in [2.24, 2.45) is 5.92 Å². The first-order chi connectivity index (χ1) is 8.77. The summed E-state index contributed by atoms with van der Waals surface area (Å²) in [5.74, 6) is -0.0366. The molecule has 0 aromatic heterocycles. The number of halogens is 1. The highest BCUT2D eigenvalue weighted by Crippen LogP contribution is 2.26. The molecule has 1 atom stereocenters. The summed E-state index contributed by atoms with van der Waals surface area (Å²) in [6.45, 7) is 3.69. The van der Waals surface area contributed by atoms with Gasteiger partial charge in [-0.15, -0.1) is 0 Å². The molecule has 0 spiro atoms.